The van der Waals surface area contributed by atoms with Gasteiger partial charge in [-0.1, -0.05) is 50.2 Å². The zero-order chi connectivity index (χ0) is 27.7. The lowest BCUT2D eigenvalue weighted by atomic mass is 10.0. The van der Waals surface area contributed by atoms with Gasteiger partial charge < -0.3 is 10.2 Å². The molecular formula is C29H31N3O5S2. The Morgan fingerprint density at radius 1 is 1.03 bits per heavy atom. The number of likely N-dealkylation sites (tertiary alicyclic amines) is 1. The van der Waals surface area contributed by atoms with E-state index in [1.54, 1.807) is 41.7 Å². The number of carbonyl (C=O) groups is 3. The van der Waals surface area contributed by atoms with Crippen molar-refractivity contribution in [1.82, 2.24) is 14.5 Å². The molecule has 0 spiro atoms. The molecule has 3 atom stereocenters. The van der Waals surface area contributed by atoms with Gasteiger partial charge in [0.1, 0.15) is 12.1 Å². The highest BCUT2D eigenvalue weighted by Crippen LogP contribution is 2.34. The number of carbonyl (C=O) groups excluding carboxylic acids is 3. The third kappa shape index (κ3) is 5.41. The number of Topliss-reactive ketones (excluding diaryl/α,β-unsaturated/α-hetero) is 1. The Labute approximate surface area is 232 Å². The van der Waals surface area contributed by atoms with Crippen molar-refractivity contribution >= 4 is 39.0 Å². The molecule has 0 radical (unpaired) electrons. The van der Waals surface area contributed by atoms with Crippen LogP contribution >= 0.6 is 11.3 Å². The van der Waals surface area contributed by atoms with E-state index < -0.39 is 28.1 Å². The van der Waals surface area contributed by atoms with Crippen LogP contribution in [0.25, 0.3) is 10.4 Å². The summed E-state index contributed by atoms with van der Waals surface area (Å²) in [7, 11) is -3.88. The number of ketones is 1. The highest BCUT2D eigenvalue weighted by atomic mass is 32.2. The lowest BCUT2D eigenvalue weighted by Gasteiger charge is -2.29. The molecule has 3 aromatic rings. The van der Waals surface area contributed by atoms with E-state index >= 15 is 0 Å². The molecule has 2 aromatic carbocycles. The monoisotopic (exact) mass is 565 g/mol. The Balaban J connectivity index is 1.33. The van der Waals surface area contributed by atoms with Gasteiger partial charge in [0.05, 0.1) is 17.5 Å². The zero-order valence-electron chi connectivity index (χ0n) is 21.8. The Morgan fingerprint density at radius 2 is 1.74 bits per heavy atom. The smallest absolute Gasteiger partial charge is 0.251 e. The van der Waals surface area contributed by atoms with Crippen LogP contribution in [0.2, 0.25) is 0 Å². The second-order valence-electron chi connectivity index (χ2n) is 10.4. The number of hydrogen-bond donors (Lipinski definition) is 1. The van der Waals surface area contributed by atoms with Gasteiger partial charge in [-0.05, 0) is 60.0 Å². The van der Waals surface area contributed by atoms with Gasteiger partial charge >= 0.3 is 0 Å². The number of sulfonamides is 1. The maximum atomic E-state index is 13.8. The van der Waals surface area contributed by atoms with Crippen molar-refractivity contribution in [1.29, 1.82) is 0 Å². The number of benzene rings is 2. The Hall–Kier alpha value is -3.34. The number of amides is 2. The fourth-order valence-corrected chi connectivity index (χ4v) is 7.81. The molecular weight excluding hydrogens is 534 g/mol. The molecule has 10 heteroatoms. The van der Waals surface area contributed by atoms with E-state index in [1.165, 1.54) is 21.3 Å². The van der Waals surface area contributed by atoms with E-state index in [4.69, 9.17) is 0 Å². The SMILES string of the molecule is CC(C)C[C@H](NC(=O)c1ccc(-c2cccs2)cc1)C(=O)N1CCC2[C@H]1C(=O)CN2S(=O)(=O)c1ccccc1. The average molecular weight is 566 g/mol. The van der Waals surface area contributed by atoms with Crippen LogP contribution in [0.3, 0.4) is 0 Å². The molecule has 0 aliphatic carbocycles. The summed E-state index contributed by atoms with van der Waals surface area (Å²) in [5.74, 6) is -0.919. The molecule has 204 valence electrons. The molecule has 8 nitrogen and oxygen atoms in total. The first-order chi connectivity index (χ1) is 18.7. The van der Waals surface area contributed by atoms with E-state index in [0.717, 1.165) is 10.4 Å². The van der Waals surface area contributed by atoms with Crippen LogP contribution in [-0.2, 0) is 19.6 Å². The van der Waals surface area contributed by atoms with Gasteiger partial charge in [0.2, 0.25) is 15.9 Å². The quantitative estimate of drug-likeness (QED) is 0.448. The topological polar surface area (TPSA) is 104 Å². The first-order valence-corrected chi connectivity index (χ1v) is 15.3. The summed E-state index contributed by atoms with van der Waals surface area (Å²) in [6, 6.07) is 16.9. The van der Waals surface area contributed by atoms with Crippen LogP contribution in [0.5, 0.6) is 0 Å². The molecule has 2 saturated heterocycles. The summed E-state index contributed by atoms with van der Waals surface area (Å²) >= 11 is 1.61. The molecule has 3 heterocycles. The maximum absolute atomic E-state index is 13.8. The Kier molecular flexibility index (Phi) is 7.70. The van der Waals surface area contributed by atoms with Crippen LogP contribution in [0.4, 0.5) is 0 Å². The molecule has 1 aromatic heterocycles. The minimum Gasteiger partial charge on any atom is -0.340 e. The van der Waals surface area contributed by atoms with Crippen molar-refractivity contribution in [2.75, 3.05) is 13.1 Å². The minimum absolute atomic E-state index is 0.105. The predicted molar refractivity (Wildman–Crippen MR) is 150 cm³/mol. The van der Waals surface area contributed by atoms with Crippen molar-refractivity contribution in [2.45, 2.75) is 49.7 Å². The summed E-state index contributed by atoms with van der Waals surface area (Å²) in [6.45, 7) is 3.91. The van der Waals surface area contributed by atoms with Gasteiger partial charge in [0, 0.05) is 17.0 Å². The highest BCUT2D eigenvalue weighted by Gasteiger charge is 2.54. The second-order valence-corrected chi connectivity index (χ2v) is 13.2. The fourth-order valence-electron chi connectivity index (χ4n) is 5.43. The van der Waals surface area contributed by atoms with Crippen LogP contribution in [0, 0.1) is 5.92 Å². The summed E-state index contributed by atoms with van der Waals surface area (Å²) in [6.07, 6.45) is 0.757. The minimum atomic E-state index is -3.88. The predicted octanol–water partition coefficient (Wildman–Crippen LogP) is 3.80. The van der Waals surface area contributed by atoms with E-state index in [-0.39, 0.29) is 41.5 Å². The average Bonchev–Trinajstić information content (AvgIpc) is 3.67. The van der Waals surface area contributed by atoms with E-state index in [1.807, 2.05) is 43.5 Å². The fraction of sp³-hybridized carbons (Fsp3) is 0.345. The number of nitrogens with one attached hydrogen (secondary N) is 1. The third-order valence-electron chi connectivity index (χ3n) is 7.27. The molecule has 39 heavy (non-hydrogen) atoms. The van der Waals surface area contributed by atoms with Crippen molar-refractivity contribution in [3.63, 3.8) is 0 Å². The van der Waals surface area contributed by atoms with Crippen molar-refractivity contribution < 1.29 is 22.8 Å². The van der Waals surface area contributed by atoms with E-state index in [2.05, 4.69) is 5.32 Å². The van der Waals surface area contributed by atoms with Crippen molar-refractivity contribution in [2.24, 2.45) is 5.92 Å². The zero-order valence-corrected chi connectivity index (χ0v) is 23.5. The van der Waals surface area contributed by atoms with Gasteiger partial charge in [-0.3, -0.25) is 14.4 Å². The molecule has 0 bridgehead atoms. The van der Waals surface area contributed by atoms with Gasteiger partial charge in [-0.15, -0.1) is 11.3 Å². The summed E-state index contributed by atoms with van der Waals surface area (Å²) < 4.78 is 27.8. The van der Waals surface area contributed by atoms with Crippen LogP contribution in [0.1, 0.15) is 37.0 Å². The summed E-state index contributed by atoms with van der Waals surface area (Å²) in [5, 5.41) is 4.88. The highest BCUT2D eigenvalue weighted by molar-refractivity contribution is 7.89. The van der Waals surface area contributed by atoms with Crippen LogP contribution in [0.15, 0.2) is 77.0 Å². The lowest BCUT2D eigenvalue weighted by molar-refractivity contribution is -0.138. The molecule has 2 amide bonds. The Morgan fingerprint density at radius 3 is 2.38 bits per heavy atom. The van der Waals surface area contributed by atoms with Crippen LogP contribution < -0.4 is 5.32 Å². The summed E-state index contributed by atoms with van der Waals surface area (Å²) in [5.41, 5.74) is 1.45. The number of fused-ring (bicyclic) bond motifs is 1. The van der Waals surface area contributed by atoms with Gasteiger partial charge in [0.25, 0.3) is 5.91 Å². The molecule has 5 rings (SSSR count). The molecule has 2 aliphatic rings. The van der Waals surface area contributed by atoms with Gasteiger partial charge in [-0.25, -0.2) is 8.42 Å². The molecule has 2 aliphatic heterocycles. The van der Waals surface area contributed by atoms with Crippen molar-refractivity contribution in [3.05, 3.63) is 77.7 Å². The van der Waals surface area contributed by atoms with E-state index in [0.29, 0.717) is 18.4 Å². The summed E-state index contributed by atoms with van der Waals surface area (Å²) in [4.78, 5) is 42.7. The number of rotatable bonds is 8. The lowest BCUT2D eigenvalue weighted by Crippen LogP contribution is -2.53. The maximum Gasteiger partial charge on any atom is 0.251 e. The first kappa shape index (κ1) is 27.2. The molecule has 1 N–H and O–H groups in total. The normalized spacial score (nSPS) is 20.3. The molecule has 2 fully saturated rings. The third-order valence-corrected chi connectivity index (χ3v) is 10.1. The standard InChI is InChI=1S/C29H31N3O5S2/c1-19(2)17-23(30-28(34)21-12-10-20(11-13-21)26-9-6-16-38-26)29(35)31-15-14-24-27(31)25(33)18-32(24)39(36,37)22-7-4-3-5-8-22/h3-13,16,19,23-24,27H,14-15,17-18H2,1-2H3,(H,30,34)/t23-,24?,27-/m0/s1. The van der Waals surface area contributed by atoms with E-state index in [9.17, 15) is 22.8 Å². The molecule has 1 unspecified atom stereocenters. The first-order valence-electron chi connectivity index (χ1n) is 13.0. The second kappa shape index (κ2) is 11.0. The van der Waals surface area contributed by atoms with Crippen molar-refractivity contribution in [3.8, 4) is 10.4 Å². The van der Waals surface area contributed by atoms with Crippen LogP contribution in [-0.4, -0.2) is 66.4 Å². The number of nitrogens with zero attached hydrogens (tertiary/aromatic N) is 2. The van der Waals surface area contributed by atoms with Gasteiger partial charge in [-0.2, -0.15) is 4.31 Å². The number of hydrogen-bond acceptors (Lipinski definition) is 6. The number of thiophene rings is 1. The van der Waals surface area contributed by atoms with Gasteiger partial charge in [0.15, 0.2) is 5.78 Å². The Bertz CT molecular complexity index is 1450. The largest absolute Gasteiger partial charge is 0.340 e. The molecule has 0 saturated carbocycles.